The van der Waals surface area contributed by atoms with E-state index in [0.29, 0.717) is 9.50 Å². The van der Waals surface area contributed by atoms with Crippen molar-refractivity contribution in [3.8, 4) is 11.5 Å². The molecule has 13 heavy (non-hydrogen) atoms. The van der Waals surface area contributed by atoms with E-state index in [2.05, 4.69) is 25.4 Å². The van der Waals surface area contributed by atoms with Gasteiger partial charge in [0.2, 0.25) is 0 Å². The molecule has 70 valence electrons. The maximum absolute atomic E-state index is 12.5. The standard InChI is InChI=1S/C7H2BrClF2O2/c8-3-1-5-6(2-4(3)9)13-7(10,11)12-5/h1-2H. The van der Waals surface area contributed by atoms with Gasteiger partial charge in [-0.05, 0) is 15.9 Å². The molecule has 0 radical (unpaired) electrons. The molecule has 2 nitrogen and oxygen atoms in total. The van der Waals surface area contributed by atoms with E-state index in [4.69, 9.17) is 11.6 Å². The van der Waals surface area contributed by atoms with Gasteiger partial charge in [0, 0.05) is 16.6 Å². The van der Waals surface area contributed by atoms with Gasteiger partial charge < -0.3 is 9.47 Å². The van der Waals surface area contributed by atoms with Gasteiger partial charge in [0.1, 0.15) is 0 Å². The van der Waals surface area contributed by atoms with Gasteiger partial charge in [0.25, 0.3) is 0 Å². The molecule has 0 atom stereocenters. The minimum absolute atomic E-state index is 0.0266. The molecule has 0 spiro atoms. The van der Waals surface area contributed by atoms with E-state index in [0.717, 1.165) is 0 Å². The van der Waals surface area contributed by atoms with Gasteiger partial charge in [0.05, 0.1) is 5.02 Å². The van der Waals surface area contributed by atoms with Crippen molar-refractivity contribution in [2.75, 3.05) is 0 Å². The number of alkyl halides is 2. The fraction of sp³-hybridized carbons (Fsp3) is 0.143. The number of halogens is 4. The van der Waals surface area contributed by atoms with Gasteiger partial charge in [-0.3, -0.25) is 0 Å². The second-order valence-corrected chi connectivity index (χ2v) is 3.64. The summed E-state index contributed by atoms with van der Waals surface area (Å²) < 4.78 is 33.8. The molecule has 0 saturated heterocycles. The van der Waals surface area contributed by atoms with Gasteiger partial charge in [-0.2, -0.15) is 0 Å². The normalized spacial score (nSPS) is 17.5. The molecule has 0 saturated carbocycles. The van der Waals surface area contributed by atoms with Crippen LogP contribution in [-0.4, -0.2) is 6.29 Å². The summed E-state index contributed by atoms with van der Waals surface area (Å²) in [6.07, 6.45) is -3.59. The number of fused-ring (bicyclic) bond motifs is 1. The summed E-state index contributed by atoms with van der Waals surface area (Å²) in [6, 6.07) is 2.60. The number of hydrogen-bond acceptors (Lipinski definition) is 2. The molecule has 6 heteroatoms. The summed E-state index contributed by atoms with van der Waals surface area (Å²) in [7, 11) is 0. The molecule has 0 aromatic heterocycles. The van der Waals surface area contributed by atoms with Gasteiger partial charge in [-0.15, -0.1) is 8.78 Å². The van der Waals surface area contributed by atoms with Gasteiger partial charge >= 0.3 is 6.29 Å². The molecular weight excluding hydrogens is 269 g/mol. The van der Waals surface area contributed by atoms with E-state index in [-0.39, 0.29) is 11.5 Å². The molecule has 0 N–H and O–H groups in total. The second-order valence-electron chi connectivity index (χ2n) is 2.38. The van der Waals surface area contributed by atoms with Crippen LogP contribution in [0.15, 0.2) is 16.6 Å². The Morgan fingerprint density at radius 3 is 2.38 bits per heavy atom. The van der Waals surface area contributed by atoms with Crippen LogP contribution >= 0.6 is 27.5 Å². The zero-order valence-corrected chi connectivity index (χ0v) is 8.32. The number of hydrogen-bond donors (Lipinski definition) is 0. The maximum atomic E-state index is 12.5. The van der Waals surface area contributed by atoms with Crippen LogP contribution in [0, 0.1) is 0 Å². The quantitative estimate of drug-likeness (QED) is 0.720. The molecule has 0 amide bonds. The van der Waals surface area contributed by atoms with Crippen LogP contribution in [0.1, 0.15) is 0 Å². The minimum atomic E-state index is -3.59. The van der Waals surface area contributed by atoms with Crippen LogP contribution in [0.3, 0.4) is 0 Å². The Labute approximate surface area is 85.5 Å². The van der Waals surface area contributed by atoms with Crippen LogP contribution in [-0.2, 0) is 0 Å². The Bertz CT molecular complexity index is 337. The van der Waals surface area contributed by atoms with Gasteiger partial charge in [-0.25, -0.2) is 0 Å². The fourth-order valence-corrected chi connectivity index (χ4v) is 1.42. The first-order valence-corrected chi connectivity index (χ1v) is 4.40. The lowest BCUT2D eigenvalue weighted by Gasteiger charge is -2.04. The summed E-state index contributed by atoms with van der Waals surface area (Å²) in [5.41, 5.74) is 0. The number of benzene rings is 1. The van der Waals surface area contributed by atoms with Crippen LogP contribution in [0.4, 0.5) is 8.78 Å². The summed E-state index contributed by atoms with van der Waals surface area (Å²) in [5.74, 6) is -0.0838. The Hall–Kier alpha value is -0.550. The predicted octanol–water partition coefficient (Wildman–Crippen LogP) is 3.42. The van der Waals surface area contributed by atoms with E-state index in [1.807, 2.05) is 0 Å². The van der Waals surface area contributed by atoms with Crippen molar-refractivity contribution in [1.29, 1.82) is 0 Å². The molecule has 0 unspecified atom stereocenters. The highest BCUT2D eigenvalue weighted by atomic mass is 79.9. The molecular formula is C7H2BrClF2O2. The van der Waals surface area contributed by atoms with Crippen LogP contribution in [0.2, 0.25) is 5.02 Å². The first-order valence-electron chi connectivity index (χ1n) is 3.23. The smallest absolute Gasteiger partial charge is 0.395 e. The molecule has 1 aliphatic rings. The van der Waals surface area contributed by atoms with Gasteiger partial charge in [0.15, 0.2) is 11.5 Å². The molecule has 2 rings (SSSR count). The first-order chi connectivity index (χ1) is 5.98. The third kappa shape index (κ3) is 1.58. The van der Waals surface area contributed by atoms with Crippen LogP contribution in [0.25, 0.3) is 0 Å². The second kappa shape index (κ2) is 2.72. The highest BCUT2D eigenvalue weighted by Crippen LogP contribution is 2.44. The SMILES string of the molecule is FC1(F)Oc2cc(Cl)c(Br)cc2O1. The van der Waals surface area contributed by atoms with Crippen LogP contribution < -0.4 is 9.47 Å². The highest BCUT2D eigenvalue weighted by molar-refractivity contribution is 9.10. The molecule has 0 bridgehead atoms. The summed E-state index contributed by atoms with van der Waals surface area (Å²) >= 11 is 8.73. The molecule has 1 aromatic rings. The predicted molar refractivity (Wildman–Crippen MR) is 45.4 cm³/mol. The van der Waals surface area contributed by atoms with E-state index in [1.165, 1.54) is 12.1 Å². The molecule has 0 fully saturated rings. The third-order valence-electron chi connectivity index (χ3n) is 1.44. The van der Waals surface area contributed by atoms with E-state index < -0.39 is 6.29 Å². The molecule has 1 heterocycles. The Kier molecular flexibility index (Phi) is 1.89. The Morgan fingerprint density at radius 1 is 1.23 bits per heavy atom. The average molecular weight is 271 g/mol. The van der Waals surface area contributed by atoms with Gasteiger partial charge in [-0.1, -0.05) is 11.6 Å². The number of rotatable bonds is 0. The van der Waals surface area contributed by atoms with E-state index in [9.17, 15) is 8.78 Å². The maximum Gasteiger partial charge on any atom is 0.586 e. The summed E-state index contributed by atoms with van der Waals surface area (Å²) in [6.45, 7) is 0. The fourth-order valence-electron chi connectivity index (χ4n) is 0.947. The summed E-state index contributed by atoms with van der Waals surface area (Å²) in [4.78, 5) is 0. The van der Waals surface area contributed by atoms with Crippen molar-refractivity contribution < 1.29 is 18.3 Å². The monoisotopic (exact) mass is 270 g/mol. The van der Waals surface area contributed by atoms with Crippen molar-refractivity contribution in [2.45, 2.75) is 6.29 Å². The Balaban J connectivity index is 2.48. The topological polar surface area (TPSA) is 18.5 Å². The first kappa shape index (κ1) is 9.02. The molecule has 0 aliphatic carbocycles. The lowest BCUT2D eigenvalue weighted by Crippen LogP contribution is -2.25. The molecule has 1 aromatic carbocycles. The van der Waals surface area contributed by atoms with Crippen molar-refractivity contribution >= 4 is 27.5 Å². The largest absolute Gasteiger partial charge is 0.586 e. The minimum Gasteiger partial charge on any atom is -0.395 e. The highest BCUT2D eigenvalue weighted by Gasteiger charge is 2.43. The zero-order valence-electron chi connectivity index (χ0n) is 5.98. The van der Waals surface area contributed by atoms with Crippen molar-refractivity contribution in [1.82, 2.24) is 0 Å². The van der Waals surface area contributed by atoms with E-state index in [1.54, 1.807) is 0 Å². The van der Waals surface area contributed by atoms with Crippen molar-refractivity contribution in [3.05, 3.63) is 21.6 Å². The zero-order chi connectivity index (χ0) is 9.64. The molecule has 1 aliphatic heterocycles. The number of ether oxygens (including phenoxy) is 2. The van der Waals surface area contributed by atoms with Crippen LogP contribution in [0.5, 0.6) is 11.5 Å². The average Bonchev–Trinajstić information content (AvgIpc) is 2.24. The lowest BCUT2D eigenvalue weighted by molar-refractivity contribution is -0.286. The van der Waals surface area contributed by atoms with E-state index >= 15 is 0 Å². The Morgan fingerprint density at radius 2 is 1.77 bits per heavy atom. The third-order valence-corrected chi connectivity index (χ3v) is 2.64. The lowest BCUT2D eigenvalue weighted by atomic mass is 10.3. The summed E-state index contributed by atoms with van der Waals surface area (Å²) in [5, 5.41) is 0.292. The van der Waals surface area contributed by atoms with Crippen molar-refractivity contribution in [3.63, 3.8) is 0 Å². The van der Waals surface area contributed by atoms with Crippen molar-refractivity contribution in [2.24, 2.45) is 0 Å².